The van der Waals surface area contributed by atoms with E-state index < -0.39 is 5.97 Å². The van der Waals surface area contributed by atoms with Gasteiger partial charge in [-0.1, -0.05) is 0 Å². The molecule has 0 bridgehead atoms. The highest BCUT2D eigenvalue weighted by Crippen LogP contribution is 2.33. The van der Waals surface area contributed by atoms with E-state index in [1.54, 1.807) is 0 Å². The number of esters is 1. The zero-order chi connectivity index (χ0) is 15.7. The van der Waals surface area contributed by atoms with Gasteiger partial charge in [-0.3, -0.25) is 4.79 Å². The van der Waals surface area contributed by atoms with Crippen LogP contribution in [0.25, 0.3) is 0 Å². The Morgan fingerprint density at radius 3 is 2.29 bits per heavy atom. The van der Waals surface area contributed by atoms with Gasteiger partial charge in [0.25, 0.3) is 5.91 Å². The molecule has 6 heteroatoms. The lowest BCUT2D eigenvalue weighted by atomic mass is 10.1. The number of carbonyl (C=O) groups excluding carboxylic acids is 2. The van der Waals surface area contributed by atoms with Crippen LogP contribution in [-0.4, -0.2) is 19.0 Å². The second kappa shape index (κ2) is 5.99. The van der Waals surface area contributed by atoms with Crippen LogP contribution in [0.5, 0.6) is 0 Å². The standard InChI is InChI=1S/C15H17NO3S2/c1-7-6-11(20-9(7)3)13(17)16-14-12(15(18)19-5)8(2)10(4)21-14/h6H,1-5H3,(H,16,17). The van der Waals surface area contributed by atoms with Crippen LogP contribution in [0, 0.1) is 27.7 Å². The molecule has 0 spiro atoms. The smallest absolute Gasteiger partial charge is 0.341 e. The van der Waals surface area contributed by atoms with Gasteiger partial charge in [0, 0.05) is 9.75 Å². The monoisotopic (exact) mass is 323 g/mol. The number of rotatable bonds is 3. The molecule has 2 aromatic heterocycles. The zero-order valence-corrected chi connectivity index (χ0v) is 14.3. The van der Waals surface area contributed by atoms with E-state index in [0.29, 0.717) is 15.4 Å². The Hall–Kier alpha value is -1.66. The third kappa shape index (κ3) is 3.01. The van der Waals surface area contributed by atoms with Crippen molar-refractivity contribution in [1.29, 1.82) is 0 Å². The molecule has 0 unspecified atom stereocenters. The summed E-state index contributed by atoms with van der Waals surface area (Å²) in [6.45, 7) is 7.73. The predicted molar refractivity (Wildman–Crippen MR) is 86.9 cm³/mol. The first kappa shape index (κ1) is 15.7. The number of amides is 1. The summed E-state index contributed by atoms with van der Waals surface area (Å²) in [5.41, 5.74) is 2.39. The van der Waals surface area contributed by atoms with Crippen LogP contribution >= 0.6 is 22.7 Å². The molecule has 0 saturated carbocycles. The minimum Gasteiger partial charge on any atom is -0.465 e. The van der Waals surface area contributed by atoms with Gasteiger partial charge >= 0.3 is 5.97 Å². The van der Waals surface area contributed by atoms with Crippen LogP contribution < -0.4 is 5.32 Å². The van der Waals surface area contributed by atoms with Gasteiger partial charge in [-0.05, 0) is 44.9 Å². The molecule has 4 nitrogen and oxygen atoms in total. The van der Waals surface area contributed by atoms with Crippen LogP contribution in [0.2, 0.25) is 0 Å². The molecule has 21 heavy (non-hydrogen) atoms. The van der Waals surface area contributed by atoms with E-state index in [1.165, 1.54) is 29.8 Å². The van der Waals surface area contributed by atoms with Crippen molar-refractivity contribution in [2.75, 3.05) is 12.4 Å². The third-order valence-corrected chi connectivity index (χ3v) is 5.67. The third-order valence-electron chi connectivity index (χ3n) is 3.39. The Morgan fingerprint density at radius 1 is 1.10 bits per heavy atom. The van der Waals surface area contributed by atoms with Crippen LogP contribution in [-0.2, 0) is 4.74 Å². The second-order valence-corrected chi connectivity index (χ2v) is 7.26. The molecule has 0 fully saturated rings. The highest BCUT2D eigenvalue weighted by Gasteiger charge is 2.22. The number of methoxy groups -OCH3 is 1. The molecular formula is C15H17NO3S2. The number of aryl methyl sites for hydroxylation is 3. The fourth-order valence-electron chi connectivity index (χ4n) is 1.91. The van der Waals surface area contributed by atoms with Crippen LogP contribution in [0.3, 0.4) is 0 Å². The molecule has 2 aromatic rings. The summed E-state index contributed by atoms with van der Waals surface area (Å²) in [5.74, 6) is -0.617. The van der Waals surface area contributed by atoms with Crippen molar-refractivity contribution in [2.45, 2.75) is 27.7 Å². The largest absolute Gasteiger partial charge is 0.465 e. The van der Waals surface area contributed by atoms with E-state index in [4.69, 9.17) is 4.74 Å². The van der Waals surface area contributed by atoms with Crippen LogP contribution in [0.15, 0.2) is 6.07 Å². The maximum atomic E-state index is 12.3. The zero-order valence-electron chi connectivity index (χ0n) is 12.6. The Labute approximate surface area is 131 Å². The van der Waals surface area contributed by atoms with Crippen molar-refractivity contribution in [3.05, 3.63) is 37.4 Å². The predicted octanol–water partition coefficient (Wildman–Crippen LogP) is 4.08. The molecule has 2 heterocycles. The van der Waals surface area contributed by atoms with Gasteiger partial charge in [0.15, 0.2) is 0 Å². The molecule has 1 N–H and O–H groups in total. The molecule has 0 aliphatic rings. The lowest BCUT2D eigenvalue weighted by molar-refractivity contribution is 0.0601. The van der Waals surface area contributed by atoms with Crippen molar-refractivity contribution in [3.63, 3.8) is 0 Å². The molecule has 0 aromatic carbocycles. The number of thiophene rings is 2. The average molecular weight is 323 g/mol. The van der Waals surface area contributed by atoms with Gasteiger partial charge < -0.3 is 10.1 Å². The Balaban J connectivity index is 2.33. The number of hydrogen-bond acceptors (Lipinski definition) is 5. The summed E-state index contributed by atoms with van der Waals surface area (Å²) in [6.07, 6.45) is 0. The first-order valence-corrected chi connectivity index (χ1v) is 8.05. The van der Waals surface area contributed by atoms with Crippen molar-refractivity contribution in [1.82, 2.24) is 0 Å². The van der Waals surface area contributed by atoms with Crippen molar-refractivity contribution >= 4 is 39.6 Å². The number of nitrogens with one attached hydrogen (secondary N) is 1. The Kier molecular flexibility index (Phi) is 4.49. The molecule has 2 rings (SSSR count). The minimum atomic E-state index is -0.425. The van der Waals surface area contributed by atoms with Crippen molar-refractivity contribution < 1.29 is 14.3 Å². The molecule has 1 amide bonds. The van der Waals surface area contributed by atoms with Crippen molar-refractivity contribution in [3.8, 4) is 0 Å². The van der Waals surface area contributed by atoms with Crippen molar-refractivity contribution in [2.24, 2.45) is 0 Å². The summed E-state index contributed by atoms with van der Waals surface area (Å²) in [4.78, 5) is 26.9. The normalized spacial score (nSPS) is 10.5. The second-order valence-electron chi connectivity index (χ2n) is 4.78. The van der Waals surface area contributed by atoms with E-state index in [-0.39, 0.29) is 5.91 Å². The molecule has 0 aliphatic heterocycles. The van der Waals surface area contributed by atoms with Gasteiger partial charge in [0.1, 0.15) is 5.00 Å². The quantitative estimate of drug-likeness (QED) is 0.866. The molecule has 0 radical (unpaired) electrons. The molecular weight excluding hydrogens is 306 g/mol. The fraction of sp³-hybridized carbons (Fsp3) is 0.333. The summed E-state index contributed by atoms with van der Waals surface area (Å²) in [7, 11) is 1.34. The summed E-state index contributed by atoms with van der Waals surface area (Å²) < 4.78 is 4.80. The summed E-state index contributed by atoms with van der Waals surface area (Å²) in [6, 6.07) is 1.86. The Morgan fingerprint density at radius 2 is 1.76 bits per heavy atom. The number of carbonyl (C=O) groups is 2. The SMILES string of the molecule is COC(=O)c1c(NC(=O)c2cc(C)c(C)s2)sc(C)c1C. The summed E-state index contributed by atoms with van der Waals surface area (Å²) >= 11 is 2.84. The lowest BCUT2D eigenvalue weighted by Crippen LogP contribution is -2.13. The van der Waals surface area contributed by atoms with E-state index in [0.717, 1.165) is 20.9 Å². The molecule has 0 saturated heterocycles. The maximum Gasteiger partial charge on any atom is 0.341 e. The molecule has 112 valence electrons. The van der Waals surface area contributed by atoms with E-state index in [1.807, 2.05) is 33.8 Å². The van der Waals surface area contributed by atoms with Gasteiger partial charge in [-0.15, -0.1) is 22.7 Å². The molecule has 0 aliphatic carbocycles. The average Bonchev–Trinajstić information content (AvgIpc) is 2.91. The number of anilines is 1. The topological polar surface area (TPSA) is 55.4 Å². The highest BCUT2D eigenvalue weighted by atomic mass is 32.1. The van der Waals surface area contributed by atoms with E-state index in [2.05, 4.69) is 5.32 Å². The van der Waals surface area contributed by atoms with Gasteiger partial charge in [-0.25, -0.2) is 4.79 Å². The fourth-order valence-corrected chi connectivity index (χ4v) is 3.89. The lowest BCUT2D eigenvalue weighted by Gasteiger charge is -2.04. The molecule has 0 atom stereocenters. The van der Waals surface area contributed by atoms with Gasteiger partial charge in [0.2, 0.25) is 0 Å². The van der Waals surface area contributed by atoms with E-state index in [9.17, 15) is 9.59 Å². The Bertz CT molecular complexity index is 693. The van der Waals surface area contributed by atoms with Crippen LogP contribution in [0.4, 0.5) is 5.00 Å². The first-order chi connectivity index (χ1) is 9.85. The highest BCUT2D eigenvalue weighted by molar-refractivity contribution is 7.17. The van der Waals surface area contributed by atoms with E-state index >= 15 is 0 Å². The number of hydrogen-bond donors (Lipinski definition) is 1. The maximum absolute atomic E-state index is 12.3. The minimum absolute atomic E-state index is 0.192. The van der Waals surface area contributed by atoms with Gasteiger partial charge in [0.05, 0.1) is 17.6 Å². The number of ether oxygens (including phenoxy) is 1. The summed E-state index contributed by atoms with van der Waals surface area (Å²) in [5, 5.41) is 3.38. The van der Waals surface area contributed by atoms with Gasteiger partial charge in [-0.2, -0.15) is 0 Å². The van der Waals surface area contributed by atoms with Crippen LogP contribution in [0.1, 0.15) is 40.9 Å². The first-order valence-electron chi connectivity index (χ1n) is 6.41.